The Morgan fingerprint density at radius 2 is 2.24 bits per heavy atom. The maximum absolute atomic E-state index is 12.1. The van der Waals surface area contributed by atoms with E-state index in [1.54, 1.807) is 0 Å². The zero-order valence-corrected chi connectivity index (χ0v) is 12.2. The van der Waals surface area contributed by atoms with Crippen LogP contribution in [0.2, 0.25) is 0 Å². The van der Waals surface area contributed by atoms with E-state index in [0.717, 1.165) is 36.1 Å². The predicted molar refractivity (Wildman–Crippen MR) is 82.3 cm³/mol. The molecule has 2 heterocycles. The smallest absolute Gasteiger partial charge is 0.241 e. The van der Waals surface area contributed by atoms with Gasteiger partial charge >= 0.3 is 0 Å². The summed E-state index contributed by atoms with van der Waals surface area (Å²) in [4.78, 5) is 16.9. The molecule has 1 aromatic heterocycles. The Bertz CT molecular complexity index is 696. The van der Waals surface area contributed by atoms with E-state index in [1.807, 2.05) is 18.2 Å². The zero-order valence-electron chi connectivity index (χ0n) is 12.2. The van der Waals surface area contributed by atoms with Crippen LogP contribution in [0.15, 0.2) is 18.2 Å². The van der Waals surface area contributed by atoms with Crippen molar-refractivity contribution in [2.24, 2.45) is 7.05 Å². The van der Waals surface area contributed by atoms with Crippen LogP contribution in [0, 0.1) is 0 Å². The van der Waals surface area contributed by atoms with Gasteiger partial charge in [0, 0.05) is 18.7 Å². The highest BCUT2D eigenvalue weighted by atomic mass is 16.2. The first-order valence-electron chi connectivity index (χ1n) is 7.73. The third-order valence-corrected chi connectivity index (χ3v) is 4.50. The second-order valence-corrected chi connectivity index (χ2v) is 6.14. The Morgan fingerprint density at radius 3 is 2.95 bits per heavy atom. The summed E-state index contributed by atoms with van der Waals surface area (Å²) >= 11 is 0. The summed E-state index contributed by atoms with van der Waals surface area (Å²) in [5.41, 5.74) is 2.94. The van der Waals surface area contributed by atoms with Crippen LogP contribution >= 0.6 is 0 Å². The molecule has 1 aliphatic heterocycles. The van der Waals surface area contributed by atoms with Crippen molar-refractivity contribution in [3.05, 3.63) is 24.0 Å². The minimum absolute atomic E-state index is 0.0496. The summed E-state index contributed by atoms with van der Waals surface area (Å²) < 4.78 is 2.18. The number of anilines is 1. The Balaban J connectivity index is 1.59. The fraction of sp³-hybridized carbons (Fsp3) is 0.500. The maximum atomic E-state index is 12.1. The molecule has 0 spiro atoms. The van der Waals surface area contributed by atoms with Gasteiger partial charge in [-0.1, -0.05) is 0 Å². The van der Waals surface area contributed by atoms with Crippen LogP contribution in [0.5, 0.6) is 0 Å². The minimum atomic E-state index is -0.0496. The lowest BCUT2D eigenvalue weighted by Crippen LogP contribution is -2.35. The molecule has 2 aromatic rings. The number of hydrogen-bond donors (Lipinski definition) is 2. The lowest BCUT2D eigenvalue weighted by molar-refractivity contribution is -0.117. The number of rotatable bonds is 3. The maximum Gasteiger partial charge on any atom is 0.241 e. The number of imidazole rings is 1. The molecule has 4 rings (SSSR count). The summed E-state index contributed by atoms with van der Waals surface area (Å²) in [7, 11) is 2.07. The number of carbonyl (C=O) groups excluding carboxylic acids is 1. The molecule has 1 saturated carbocycles. The summed E-state index contributed by atoms with van der Waals surface area (Å²) in [5, 5.41) is 6.22. The van der Waals surface area contributed by atoms with Gasteiger partial charge in [0.05, 0.1) is 17.1 Å². The first-order valence-corrected chi connectivity index (χ1v) is 7.73. The van der Waals surface area contributed by atoms with Gasteiger partial charge in [0.25, 0.3) is 0 Å². The van der Waals surface area contributed by atoms with Gasteiger partial charge in [0.1, 0.15) is 5.82 Å². The molecule has 110 valence electrons. The molecule has 5 heteroatoms. The Labute approximate surface area is 123 Å². The Morgan fingerprint density at radius 1 is 1.38 bits per heavy atom. The van der Waals surface area contributed by atoms with Gasteiger partial charge in [0.2, 0.25) is 5.91 Å². The first-order chi connectivity index (χ1) is 10.2. The largest absolute Gasteiger partial charge is 0.331 e. The number of carbonyl (C=O) groups is 1. The highest BCUT2D eigenvalue weighted by Crippen LogP contribution is 2.40. The topological polar surface area (TPSA) is 59.0 Å². The van der Waals surface area contributed by atoms with E-state index in [2.05, 4.69) is 22.2 Å². The van der Waals surface area contributed by atoms with E-state index in [1.165, 1.54) is 18.7 Å². The number of fused-ring (bicyclic) bond motifs is 1. The number of hydrogen-bond acceptors (Lipinski definition) is 3. The van der Waals surface area contributed by atoms with Crippen LogP contribution in [-0.2, 0) is 11.8 Å². The normalized spacial score (nSPS) is 21.9. The van der Waals surface area contributed by atoms with E-state index in [0.29, 0.717) is 5.92 Å². The van der Waals surface area contributed by atoms with E-state index < -0.39 is 0 Å². The van der Waals surface area contributed by atoms with Crippen molar-refractivity contribution < 1.29 is 4.79 Å². The van der Waals surface area contributed by atoms with Gasteiger partial charge in [0.15, 0.2) is 0 Å². The van der Waals surface area contributed by atoms with Crippen LogP contribution < -0.4 is 10.6 Å². The molecule has 21 heavy (non-hydrogen) atoms. The monoisotopic (exact) mass is 284 g/mol. The summed E-state index contributed by atoms with van der Waals surface area (Å²) in [5.74, 6) is 1.86. The van der Waals surface area contributed by atoms with E-state index in [4.69, 9.17) is 4.98 Å². The lowest BCUT2D eigenvalue weighted by atomic mass is 10.2. The highest BCUT2D eigenvalue weighted by molar-refractivity contribution is 5.96. The van der Waals surface area contributed by atoms with E-state index in [9.17, 15) is 4.79 Å². The van der Waals surface area contributed by atoms with Crippen molar-refractivity contribution in [2.45, 2.75) is 37.6 Å². The molecular formula is C16H20N4O. The van der Waals surface area contributed by atoms with Gasteiger partial charge in [-0.15, -0.1) is 0 Å². The summed E-state index contributed by atoms with van der Waals surface area (Å²) in [6.45, 7) is 0.933. The summed E-state index contributed by atoms with van der Waals surface area (Å²) in [6, 6.07) is 5.94. The number of nitrogens with one attached hydrogen (secondary N) is 2. The van der Waals surface area contributed by atoms with Crippen molar-refractivity contribution in [2.75, 3.05) is 11.9 Å². The second-order valence-electron chi connectivity index (χ2n) is 6.14. The molecule has 5 nitrogen and oxygen atoms in total. The van der Waals surface area contributed by atoms with Crippen molar-refractivity contribution in [1.82, 2.24) is 14.9 Å². The number of nitrogens with zero attached hydrogens (tertiary/aromatic N) is 2. The number of aromatic nitrogens is 2. The van der Waals surface area contributed by atoms with Crippen LogP contribution in [0.25, 0.3) is 11.0 Å². The SMILES string of the molecule is Cn1c(C2CC2)nc2cc(NC(=O)[C@H]3CCCN3)ccc21. The zero-order chi connectivity index (χ0) is 14.4. The molecule has 0 unspecified atom stereocenters. The average Bonchev–Trinajstić information content (AvgIpc) is 3.06. The minimum Gasteiger partial charge on any atom is -0.331 e. The first kappa shape index (κ1) is 12.8. The van der Waals surface area contributed by atoms with Gasteiger partial charge in [-0.3, -0.25) is 4.79 Å². The molecule has 2 aliphatic rings. The van der Waals surface area contributed by atoms with Gasteiger partial charge in [-0.25, -0.2) is 4.98 Å². The third kappa shape index (κ3) is 2.31. The average molecular weight is 284 g/mol. The molecule has 2 N–H and O–H groups in total. The van der Waals surface area contributed by atoms with Crippen LogP contribution in [-0.4, -0.2) is 28.0 Å². The summed E-state index contributed by atoms with van der Waals surface area (Å²) in [6.07, 6.45) is 4.48. The van der Waals surface area contributed by atoms with Crippen molar-refractivity contribution in [3.63, 3.8) is 0 Å². The Kier molecular flexibility index (Phi) is 2.96. The quantitative estimate of drug-likeness (QED) is 0.908. The van der Waals surface area contributed by atoms with Gasteiger partial charge in [-0.05, 0) is 50.4 Å². The van der Waals surface area contributed by atoms with Gasteiger partial charge in [-0.2, -0.15) is 0 Å². The second kappa shape index (κ2) is 4.84. The van der Waals surface area contributed by atoms with E-state index in [-0.39, 0.29) is 11.9 Å². The van der Waals surface area contributed by atoms with Crippen LogP contribution in [0.1, 0.15) is 37.4 Å². The molecule has 1 saturated heterocycles. The number of aryl methyl sites for hydroxylation is 1. The molecule has 0 bridgehead atoms. The molecule has 1 amide bonds. The number of benzene rings is 1. The fourth-order valence-corrected chi connectivity index (χ4v) is 3.14. The van der Waals surface area contributed by atoms with Crippen molar-refractivity contribution >= 4 is 22.6 Å². The third-order valence-electron chi connectivity index (χ3n) is 4.50. The predicted octanol–water partition coefficient (Wildman–Crippen LogP) is 2.14. The molecule has 0 radical (unpaired) electrons. The molecule has 1 aromatic carbocycles. The standard InChI is InChI=1S/C16H20N4O/c1-20-14-7-6-11(18-16(21)12-3-2-8-17-12)9-13(14)19-15(20)10-4-5-10/h6-7,9-10,12,17H,2-5,8H2,1H3,(H,18,21)/t12-/m1/s1. The van der Waals surface area contributed by atoms with Crippen LogP contribution in [0.3, 0.4) is 0 Å². The molecule has 2 fully saturated rings. The highest BCUT2D eigenvalue weighted by Gasteiger charge is 2.28. The van der Waals surface area contributed by atoms with Crippen molar-refractivity contribution in [1.29, 1.82) is 0 Å². The van der Waals surface area contributed by atoms with E-state index >= 15 is 0 Å². The lowest BCUT2D eigenvalue weighted by Gasteiger charge is -2.11. The molecule has 1 atom stereocenters. The van der Waals surface area contributed by atoms with Crippen LogP contribution in [0.4, 0.5) is 5.69 Å². The molecule has 1 aliphatic carbocycles. The fourth-order valence-electron chi connectivity index (χ4n) is 3.14. The molecular weight excluding hydrogens is 264 g/mol. The van der Waals surface area contributed by atoms with Crippen molar-refractivity contribution in [3.8, 4) is 0 Å². The number of amides is 1. The Hall–Kier alpha value is -1.88. The van der Waals surface area contributed by atoms with Gasteiger partial charge < -0.3 is 15.2 Å².